The highest BCUT2D eigenvalue weighted by Gasteiger charge is 2.08. The average Bonchev–Trinajstić information content (AvgIpc) is 3.17. The van der Waals surface area contributed by atoms with Crippen molar-refractivity contribution in [1.82, 2.24) is 9.55 Å². The Morgan fingerprint density at radius 3 is 2.34 bits per heavy atom. The summed E-state index contributed by atoms with van der Waals surface area (Å²) in [5, 5.41) is 0. The quantitative estimate of drug-likeness (QED) is 0.280. The Balaban J connectivity index is 1.43. The smallest absolute Gasteiger partial charge is 0.133 e. The van der Waals surface area contributed by atoms with Gasteiger partial charge in [-0.1, -0.05) is 48.5 Å². The van der Waals surface area contributed by atoms with Gasteiger partial charge in [0.2, 0.25) is 0 Å². The maximum absolute atomic E-state index is 6.08. The van der Waals surface area contributed by atoms with Gasteiger partial charge in [-0.25, -0.2) is 4.98 Å². The second-order valence-electron chi connectivity index (χ2n) is 7.99. The molecule has 32 heavy (non-hydrogen) atoms. The maximum atomic E-state index is 6.08. The number of fused-ring (bicyclic) bond motifs is 1. The molecule has 0 aliphatic rings. The largest absolute Gasteiger partial charge is 0.497 e. The highest BCUT2D eigenvalue weighted by molar-refractivity contribution is 5.79. The molecule has 0 aliphatic carbocycles. The molecule has 0 saturated heterocycles. The molecule has 1 aromatic heterocycles. The van der Waals surface area contributed by atoms with E-state index < -0.39 is 0 Å². The van der Waals surface area contributed by atoms with Gasteiger partial charge in [0.1, 0.15) is 17.3 Å². The molecule has 4 nitrogen and oxygen atoms in total. The number of imidazole rings is 1. The molecule has 0 bridgehead atoms. The number of hydrogen-bond donors (Lipinski definition) is 0. The molecule has 4 rings (SSSR count). The third-order valence-corrected chi connectivity index (χ3v) is 5.66. The van der Waals surface area contributed by atoms with Crippen LogP contribution in [-0.2, 0) is 6.54 Å². The summed E-state index contributed by atoms with van der Waals surface area (Å²) in [6, 6.07) is 22.6. The summed E-state index contributed by atoms with van der Waals surface area (Å²) in [4.78, 5) is 4.85. The Hall–Kier alpha value is -3.53. The summed E-state index contributed by atoms with van der Waals surface area (Å²) in [5.41, 5.74) is 5.69. The normalized spacial score (nSPS) is 11.3. The van der Waals surface area contributed by atoms with E-state index in [1.807, 2.05) is 30.3 Å². The SMILES string of the molecule is COc1ccc(/C=C/c2nc3ccccc3n2CCCCOc2c(C)cccc2C)cc1. The third-order valence-electron chi connectivity index (χ3n) is 5.66. The summed E-state index contributed by atoms with van der Waals surface area (Å²) in [7, 11) is 1.68. The van der Waals surface area contributed by atoms with Crippen LogP contribution in [0.5, 0.6) is 11.5 Å². The lowest BCUT2D eigenvalue weighted by Gasteiger charge is -2.12. The summed E-state index contributed by atoms with van der Waals surface area (Å²) in [6.07, 6.45) is 6.20. The molecule has 0 aliphatic heterocycles. The van der Waals surface area contributed by atoms with E-state index in [9.17, 15) is 0 Å². The predicted octanol–water partition coefficient (Wildman–Crippen LogP) is 6.69. The number of para-hydroxylation sites is 3. The van der Waals surface area contributed by atoms with E-state index in [0.717, 1.165) is 59.9 Å². The van der Waals surface area contributed by atoms with Crippen molar-refractivity contribution < 1.29 is 9.47 Å². The van der Waals surface area contributed by atoms with Gasteiger partial charge in [0.25, 0.3) is 0 Å². The zero-order valence-electron chi connectivity index (χ0n) is 19.0. The first-order valence-electron chi connectivity index (χ1n) is 11.1. The third kappa shape index (κ3) is 5.02. The Bertz CT molecular complexity index is 1190. The molecule has 0 atom stereocenters. The number of unbranched alkanes of at least 4 members (excludes halogenated alkanes) is 1. The van der Waals surface area contributed by atoms with E-state index in [1.165, 1.54) is 11.1 Å². The number of rotatable bonds is 9. The number of aromatic nitrogens is 2. The van der Waals surface area contributed by atoms with Gasteiger partial charge in [-0.15, -0.1) is 0 Å². The van der Waals surface area contributed by atoms with Crippen molar-refractivity contribution in [2.45, 2.75) is 33.2 Å². The molecular weight excluding hydrogens is 396 g/mol. The van der Waals surface area contributed by atoms with Crippen molar-refractivity contribution >= 4 is 23.2 Å². The maximum Gasteiger partial charge on any atom is 0.133 e. The first-order valence-corrected chi connectivity index (χ1v) is 11.1. The molecular formula is C28H30N2O2. The van der Waals surface area contributed by atoms with Gasteiger partial charge in [0.05, 0.1) is 24.8 Å². The van der Waals surface area contributed by atoms with E-state index in [2.05, 4.69) is 67.0 Å². The Kier molecular flexibility index (Phi) is 6.90. The van der Waals surface area contributed by atoms with Gasteiger partial charge in [-0.2, -0.15) is 0 Å². The van der Waals surface area contributed by atoms with Crippen LogP contribution >= 0.6 is 0 Å². The van der Waals surface area contributed by atoms with Gasteiger partial charge in [-0.3, -0.25) is 0 Å². The fourth-order valence-electron chi connectivity index (χ4n) is 3.92. The van der Waals surface area contributed by atoms with Crippen LogP contribution in [0, 0.1) is 13.8 Å². The molecule has 0 radical (unpaired) electrons. The van der Waals surface area contributed by atoms with Crippen LogP contribution in [0.25, 0.3) is 23.2 Å². The zero-order valence-corrected chi connectivity index (χ0v) is 19.0. The molecule has 0 unspecified atom stereocenters. The molecule has 4 heteroatoms. The van der Waals surface area contributed by atoms with Crippen LogP contribution < -0.4 is 9.47 Å². The van der Waals surface area contributed by atoms with Crippen LogP contribution in [0.2, 0.25) is 0 Å². The second kappa shape index (κ2) is 10.2. The molecule has 1 heterocycles. The van der Waals surface area contributed by atoms with Gasteiger partial charge >= 0.3 is 0 Å². The summed E-state index contributed by atoms with van der Waals surface area (Å²) in [5.74, 6) is 2.85. The van der Waals surface area contributed by atoms with Crippen molar-refractivity contribution in [2.75, 3.05) is 13.7 Å². The number of hydrogen-bond acceptors (Lipinski definition) is 3. The molecule has 0 saturated carbocycles. The molecule has 4 aromatic rings. The number of aryl methyl sites for hydroxylation is 3. The highest BCUT2D eigenvalue weighted by Crippen LogP contribution is 2.23. The lowest BCUT2D eigenvalue weighted by atomic mass is 10.1. The van der Waals surface area contributed by atoms with Gasteiger partial charge in [0, 0.05) is 6.54 Å². The monoisotopic (exact) mass is 426 g/mol. The van der Waals surface area contributed by atoms with E-state index in [1.54, 1.807) is 7.11 Å². The zero-order chi connectivity index (χ0) is 22.3. The summed E-state index contributed by atoms with van der Waals surface area (Å²) in [6.45, 7) is 5.82. The number of benzene rings is 3. The van der Waals surface area contributed by atoms with Crippen molar-refractivity contribution in [3.8, 4) is 11.5 Å². The van der Waals surface area contributed by atoms with Crippen molar-refractivity contribution in [1.29, 1.82) is 0 Å². The van der Waals surface area contributed by atoms with Crippen LogP contribution in [0.4, 0.5) is 0 Å². The van der Waals surface area contributed by atoms with Crippen molar-refractivity contribution in [3.63, 3.8) is 0 Å². The van der Waals surface area contributed by atoms with E-state index in [4.69, 9.17) is 14.5 Å². The Morgan fingerprint density at radius 2 is 1.59 bits per heavy atom. The molecule has 164 valence electrons. The molecule has 0 fully saturated rings. The first kappa shape index (κ1) is 21.7. The fourth-order valence-corrected chi connectivity index (χ4v) is 3.92. The molecule has 0 spiro atoms. The standard InChI is InChI=1S/C28H30N2O2/c1-21-9-8-10-22(2)28(21)32-20-7-6-19-30-26-12-5-4-11-25(26)29-27(30)18-15-23-13-16-24(31-3)17-14-23/h4-5,8-18H,6-7,19-20H2,1-3H3/b18-15+. The second-order valence-corrected chi connectivity index (χ2v) is 7.99. The van der Waals surface area contributed by atoms with Gasteiger partial charge < -0.3 is 14.0 Å². The van der Waals surface area contributed by atoms with Crippen LogP contribution in [0.3, 0.4) is 0 Å². The summed E-state index contributed by atoms with van der Waals surface area (Å²) < 4.78 is 13.6. The van der Waals surface area contributed by atoms with Crippen molar-refractivity contribution in [3.05, 3.63) is 89.2 Å². The fraction of sp³-hybridized carbons (Fsp3) is 0.250. The predicted molar refractivity (Wildman–Crippen MR) is 132 cm³/mol. The van der Waals surface area contributed by atoms with Crippen molar-refractivity contribution in [2.24, 2.45) is 0 Å². The Labute approximate surface area is 190 Å². The Morgan fingerprint density at radius 1 is 0.844 bits per heavy atom. The van der Waals surface area contributed by atoms with E-state index in [0.29, 0.717) is 0 Å². The van der Waals surface area contributed by atoms with E-state index >= 15 is 0 Å². The molecule has 0 N–H and O–H groups in total. The minimum absolute atomic E-state index is 0.718. The molecule has 3 aromatic carbocycles. The lowest BCUT2D eigenvalue weighted by molar-refractivity contribution is 0.299. The lowest BCUT2D eigenvalue weighted by Crippen LogP contribution is -2.05. The van der Waals surface area contributed by atoms with Crippen LogP contribution in [0.1, 0.15) is 35.4 Å². The highest BCUT2D eigenvalue weighted by atomic mass is 16.5. The minimum Gasteiger partial charge on any atom is -0.497 e. The van der Waals surface area contributed by atoms with Gasteiger partial charge in [0.15, 0.2) is 0 Å². The first-order chi connectivity index (χ1) is 15.7. The minimum atomic E-state index is 0.718. The topological polar surface area (TPSA) is 36.3 Å². The summed E-state index contributed by atoms with van der Waals surface area (Å²) >= 11 is 0. The van der Waals surface area contributed by atoms with Gasteiger partial charge in [-0.05, 0) is 73.7 Å². The number of methoxy groups -OCH3 is 1. The van der Waals surface area contributed by atoms with Crippen LogP contribution in [0.15, 0.2) is 66.7 Å². The molecule has 0 amide bonds. The van der Waals surface area contributed by atoms with E-state index in [-0.39, 0.29) is 0 Å². The van der Waals surface area contributed by atoms with Crippen LogP contribution in [-0.4, -0.2) is 23.3 Å². The average molecular weight is 427 g/mol. The number of nitrogens with zero attached hydrogens (tertiary/aromatic N) is 2. The number of ether oxygens (including phenoxy) is 2.